The van der Waals surface area contributed by atoms with Crippen molar-refractivity contribution in [1.29, 1.82) is 0 Å². The van der Waals surface area contributed by atoms with Crippen LogP contribution in [0.2, 0.25) is 0 Å². The lowest BCUT2D eigenvalue weighted by molar-refractivity contribution is 1.17. The molecule has 0 fully saturated rings. The predicted octanol–water partition coefficient (Wildman–Crippen LogP) is 3.01. The Hall–Kier alpha value is -2.54. The number of rotatable bonds is 4. The van der Waals surface area contributed by atoms with Crippen molar-refractivity contribution in [1.82, 2.24) is 15.0 Å². The monoisotopic (exact) mass is 312 g/mol. The molecule has 3 rings (SSSR count). The van der Waals surface area contributed by atoms with Crippen LogP contribution in [0.1, 0.15) is 0 Å². The van der Waals surface area contributed by atoms with Crippen LogP contribution in [-0.2, 0) is 0 Å². The van der Waals surface area contributed by atoms with Gasteiger partial charge in [0.15, 0.2) is 5.65 Å². The summed E-state index contributed by atoms with van der Waals surface area (Å²) in [5.41, 5.74) is 9.60. The molecule has 7 heteroatoms. The van der Waals surface area contributed by atoms with Crippen LogP contribution in [0.15, 0.2) is 36.5 Å². The van der Waals surface area contributed by atoms with Crippen molar-refractivity contribution < 1.29 is 0 Å². The molecule has 2 aromatic heterocycles. The summed E-state index contributed by atoms with van der Waals surface area (Å²) in [6.45, 7) is 0. The van der Waals surface area contributed by atoms with Crippen molar-refractivity contribution in [2.75, 3.05) is 29.1 Å². The lowest BCUT2D eigenvalue weighted by Gasteiger charge is -2.09. The number of nitrogens with zero attached hydrogens (tertiary/aromatic N) is 3. The molecule has 0 atom stereocenters. The molecule has 2 heterocycles. The van der Waals surface area contributed by atoms with Gasteiger partial charge in [-0.1, -0.05) is 24.1 Å². The van der Waals surface area contributed by atoms with Crippen LogP contribution in [0.3, 0.4) is 0 Å². The van der Waals surface area contributed by atoms with Gasteiger partial charge in [0.25, 0.3) is 0 Å². The van der Waals surface area contributed by atoms with Crippen LogP contribution < -0.4 is 15.8 Å². The van der Waals surface area contributed by atoms with E-state index in [-0.39, 0.29) is 0 Å². The highest BCUT2D eigenvalue weighted by molar-refractivity contribution is 7.99. The van der Waals surface area contributed by atoms with Gasteiger partial charge in [-0.3, -0.25) is 0 Å². The molecule has 0 saturated heterocycles. The predicted molar refractivity (Wildman–Crippen MR) is 93.9 cm³/mol. The Kier molecular flexibility index (Phi) is 3.97. The standard InChI is InChI=1S/C15H16N6S/c1-17-15-18-8-10-7-12(13(16)19-14(10)20-15)9-4-3-5-11(6-9)21-22-2/h3-8,21H,1-2H3,(H3,16,17,18,19,20). The summed E-state index contributed by atoms with van der Waals surface area (Å²) >= 11 is 1.55. The van der Waals surface area contributed by atoms with Crippen LogP contribution in [0.4, 0.5) is 17.5 Å². The highest BCUT2D eigenvalue weighted by Crippen LogP contribution is 2.29. The summed E-state index contributed by atoms with van der Waals surface area (Å²) in [4.78, 5) is 12.9. The molecule has 0 unspecified atom stereocenters. The van der Waals surface area contributed by atoms with Gasteiger partial charge in [0.2, 0.25) is 5.95 Å². The first kappa shape index (κ1) is 14.4. The third kappa shape index (κ3) is 2.75. The molecule has 1 aromatic carbocycles. The second-order valence-corrected chi connectivity index (χ2v) is 5.28. The van der Waals surface area contributed by atoms with E-state index in [2.05, 4.69) is 25.0 Å². The third-order valence-corrected chi connectivity index (χ3v) is 3.65. The van der Waals surface area contributed by atoms with Crippen LogP contribution >= 0.6 is 11.9 Å². The Bertz CT molecular complexity index is 820. The van der Waals surface area contributed by atoms with Crippen molar-refractivity contribution in [3.63, 3.8) is 0 Å². The Morgan fingerprint density at radius 2 is 2.05 bits per heavy atom. The van der Waals surface area contributed by atoms with E-state index in [1.165, 1.54) is 0 Å². The highest BCUT2D eigenvalue weighted by Gasteiger charge is 2.09. The molecule has 4 N–H and O–H groups in total. The number of pyridine rings is 1. The zero-order valence-electron chi connectivity index (χ0n) is 12.3. The molecular formula is C15H16N6S. The van der Waals surface area contributed by atoms with Gasteiger partial charge in [0, 0.05) is 36.1 Å². The molecule has 0 aliphatic rings. The van der Waals surface area contributed by atoms with E-state index in [4.69, 9.17) is 5.73 Å². The lowest BCUT2D eigenvalue weighted by Crippen LogP contribution is -2.00. The Labute approximate surface area is 132 Å². The van der Waals surface area contributed by atoms with Crippen LogP contribution in [0.5, 0.6) is 0 Å². The maximum Gasteiger partial charge on any atom is 0.224 e. The van der Waals surface area contributed by atoms with Crippen molar-refractivity contribution in [3.05, 3.63) is 36.5 Å². The van der Waals surface area contributed by atoms with Gasteiger partial charge in [-0.15, -0.1) is 0 Å². The summed E-state index contributed by atoms with van der Waals surface area (Å²) in [6.07, 6.45) is 3.73. The first-order valence-corrected chi connectivity index (χ1v) is 7.94. The fourth-order valence-electron chi connectivity index (χ4n) is 2.20. The molecule has 0 spiro atoms. The molecule has 6 nitrogen and oxygen atoms in total. The summed E-state index contributed by atoms with van der Waals surface area (Å²) in [7, 11) is 1.77. The topological polar surface area (TPSA) is 88.8 Å². The zero-order valence-corrected chi connectivity index (χ0v) is 13.1. The molecule has 0 aliphatic heterocycles. The van der Waals surface area contributed by atoms with Gasteiger partial charge in [-0.05, 0) is 23.8 Å². The minimum absolute atomic E-state index is 0.453. The summed E-state index contributed by atoms with van der Waals surface area (Å²) in [6, 6.07) is 10.0. The number of nitrogen functional groups attached to an aromatic ring is 1. The van der Waals surface area contributed by atoms with Gasteiger partial charge in [-0.25, -0.2) is 9.97 Å². The largest absolute Gasteiger partial charge is 0.383 e. The fraction of sp³-hybridized carbons (Fsp3) is 0.133. The molecule has 0 bridgehead atoms. The minimum atomic E-state index is 0.453. The maximum atomic E-state index is 6.12. The fourth-order valence-corrected chi connectivity index (χ4v) is 2.56. The third-order valence-electron chi connectivity index (χ3n) is 3.22. The number of hydrogen-bond acceptors (Lipinski definition) is 7. The van der Waals surface area contributed by atoms with Crippen molar-refractivity contribution in [2.24, 2.45) is 0 Å². The van der Waals surface area contributed by atoms with E-state index >= 15 is 0 Å². The smallest absolute Gasteiger partial charge is 0.224 e. The van der Waals surface area contributed by atoms with E-state index < -0.39 is 0 Å². The normalized spacial score (nSPS) is 10.6. The molecule has 0 saturated carbocycles. The zero-order chi connectivity index (χ0) is 15.5. The molecule has 0 amide bonds. The van der Waals surface area contributed by atoms with E-state index in [0.29, 0.717) is 17.4 Å². The summed E-state index contributed by atoms with van der Waals surface area (Å²) in [5.74, 6) is 0.980. The Morgan fingerprint density at radius 1 is 1.18 bits per heavy atom. The molecular weight excluding hydrogens is 296 g/mol. The average Bonchev–Trinajstić information content (AvgIpc) is 2.54. The first-order valence-electron chi connectivity index (χ1n) is 6.71. The number of anilines is 3. The lowest BCUT2D eigenvalue weighted by atomic mass is 10.0. The number of nitrogens with two attached hydrogens (primary N) is 1. The Balaban J connectivity index is 2.10. The van der Waals surface area contributed by atoms with Crippen LogP contribution in [0, 0.1) is 0 Å². The van der Waals surface area contributed by atoms with Crippen LogP contribution in [0.25, 0.3) is 22.2 Å². The average molecular weight is 312 g/mol. The summed E-state index contributed by atoms with van der Waals surface area (Å²) in [5, 5.41) is 3.75. The molecule has 112 valence electrons. The van der Waals surface area contributed by atoms with Gasteiger partial charge >= 0.3 is 0 Å². The van der Waals surface area contributed by atoms with Gasteiger partial charge in [0.05, 0.1) is 0 Å². The van der Waals surface area contributed by atoms with E-state index in [9.17, 15) is 0 Å². The van der Waals surface area contributed by atoms with Gasteiger partial charge in [0.1, 0.15) is 5.82 Å². The highest BCUT2D eigenvalue weighted by atomic mass is 32.2. The van der Waals surface area contributed by atoms with E-state index in [1.54, 1.807) is 25.2 Å². The molecule has 3 aromatic rings. The summed E-state index contributed by atoms with van der Waals surface area (Å²) < 4.78 is 3.21. The van der Waals surface area contributed by atoms with Gasteiger partial charge in [-0.2, -0.15) is 4.98 Å². The number of aromatic nitrogens is 3. The van der Waals surface area contributed by atoms with E-state index in [1.807, 2.05) is 36.6 Å². The second kappa shape index (κ2) is 6.07. The van der Waals surface area contributed by atoms with Crippen LogP contribution in [-0.4, -0.2) is 28.3 Å². The molecule has 0 radical (unpaired) electrons. The van der Waals surface area contributed by atoms with Crippen molar-refractivity contribution in [3.8, 4) is 11.1 Å². The Morgan fingerprint density at radius 3 is 2.82 bits per heavy atom. The number of benzene rings is 1. The molecule has 0 aliphatic carbocycles. The quantitative estimate of drug-likeness (QED) is 0.638. The van der Waals surface area contributed by atoms with E-state index in [0.717, 1.165) is 22.2 Å². The van der Waals surface area contributed by atoms with Crippen molar-refractivity contribution >= 4 is 40.4 Å². The first-order chi connectivity index (χ1) is 10.7. The minimum Gasteiger partial charge on any atom is -0.383 e. The second-order valence-electron chi connectivity index (χ2n) is 4.66. The molecule has 22 heavy (non-hydrogen) atoms. The maximum absolute atomic E-state index is 6.12. The number of fused-ring (bicyclic) bond motifs is 1. The SMILES string of the molecule is CNc1ncc2cc(-c3cccc(NSC)c3)c(N)nc2n1. The van der Waals surface area contributed by atoms with Gasteiger partial charge < -0.3 is 15.8 Å². The van der Waals surface area contributed by atoms with Crippen molar-refractivity contribution in [2.45, 2.75) is 0 Å². The number of hydrogen-bond donors (Lipinski definition) is 3. The number of nitrogens with one attached hydrogen (secondary N) is 2.